The molecule has 0 spiro atoms. The number of nitrogens with one attached hydrogen (secondary N) is 1. The van der Waals surface area contributed by atoms with E-state index in [2.05, 4.69) is 19.2 Å². The maximum atomic E-state index is 11.6. The standard InChI is InChI=1S/C11H22N2O3/c1-7(2)6-8(3)13(5)11(16)12-9(4)10(14)15/h7-9H,6H2,1-5H3,(H,12,16)(H,14,15)/t8?,9-/m1/s1. The second-order valence-corrected chi connectivity index (χ2v) is 4.60. The number of rotatable bonds is 5. The number of carbonyl (C=O) groups is 2. The summed E-state index contributed by atoms with van der Waals surface area (Å²) < 4.78 is 0. The zero-order valence-corrected chi connectivity index (χ0v) is 10.7. The fraction of sp³-hybridized carbons (Fsp3) is 0.818. The first-order valence-corrected chi connectivity index (χ1v) is 5.51. The summed E-state index contributed by atoms with van der Waals surface area (Å²) in [6.45, 7) is 7.57. The summed E-state index contributed by atoms with van der Waals surface area (Å²) in [5.74, 6) is -0.527. The van der Waals surface area contributed by atoms with Gasteiger partial charge in [-0.3, -0.25) is 4.79 Å². The molecule has 5 heteroatoms. The molecule has 5 nitrogen and oxygen atoms in total. The third kappa shape index (κ3) is 5.00. The maximum absolute atomic E-state index is 11.6. The molecule has 0 aromatic rings. The van der Waals surface area contributed by atoms with Crippen molar-refractivity contribution in [1.29, 1.82) is 0 Å². The number of hydrogen-bond acceptors (Lipinski definition) is 2. The minimum atomic E-state index is -1.03. The molecule has 0 fully saturated rings. The summed E-state index contributed by atoms with van der Waals surface area (Å²) in [6.07, 6.45) is 0.894. The second-order valence-electron chi connectivity index (χ2n) is 4.60. The Kier molecular flexibility index (Phi) is 5.85. The van der Waals surface area contributed by atoms with Crippen molar-refractivity contribution in [2.75, 3.05) is 7.05 Å². The van der Waals surface area contributed by atoms with Gasteiger partial charge in [-0.25, -0.2) is 4.79 Å². The van der Waals surface area contributed by atoms with Crippen LogP contribution in [0.2, 0.25) is 0 Å². The largest absolute Gasteiger partial charge is 0.480 e. The number of carboxylic acids is 1. The van der Waals surface area contributed by atoms with Gasteiger partial charge in [-0.15, -0.1) is 0 Å². The highest BCUT2D eigenvalue weighted by molar-refractivity contribution is 5.82. The summed E-state index contributed by atoms with van der Waals surface area (Å²) in [4.78, 5) is 23.7. The lowest BCUT2D eigenvalue weighted by atomic mass is 10.0. The van der Waals surface area contributed by atoms with Gasteiger partial charge in [0.05, 0.1) is 0 Å². The lowest BCUT2D eigenvalue weighted by Gasteiger charge is -2.27. The van der Waals surface area contributed by atoms with E-state index in [1.54, 1.807) is 11.9 Å². The highest BCUT2D eigenvalue weighted by Crippen LogP contribution is 2.09. The fourth-order valence-corrected chi connectivity index (χ4v) is 1.39. The van der Waals surface area contributed by atoms with Gasteiger partial charge in [0.1, 0.15) is 6.04 Å². The number of carboxylic acid groups (broad SMARTS) is 1. The summed E-state index contributed by atoms with van der Waals surface area (Å²) in [5.41, 5.74) is 0. The van der Waals surface area contributed by atoms with Crippen LogP contribution in [0.1, 0.15) is 34.1 Å². The minimum absolute atomic E-state index is 0.0981. The van der Waals surface area contributed by atoms with E-state index in [1.165, 1.54) is 6.92 Å². The Balaban J connectivity index is 4.22. The molecule has 0 saturated heterocycles. The van der Waals surface area contributed by atoms with E-state index in [-0.39, 0.29) is 12.1 Å². The average Bonchev–Trinajstić information content (AvgIpc) is 2.14. The predicted octanol–water partition coefficient (Wildman–Crippen LogP) is 1.54. The molecule has 1 unspecified atom stereocenters. The molecule has 2 amide bonds. The summed E-state index contributed by atoms with van der Waals surface area (Å²) in [5, 5.41) is 11.1. The third-order valence-corrected chi connectivity index (χ3v) is 2.50. The first-order valence-electron chi connectivity index (χ1n) is 5.51. The van der Waals surface area contributed by atoms with E-state index >= 15 is 0 Å². The maximum Gasteiger partial charge on any atom is 0.325 e. The molecule has 0 bridgehead atoms. The van der Waals surface area contributed by atoms with Gasteiger partial charge in [-0.05, 0) is 26.2 Å². The number of urea groups is 1. The Morgan fingerprint density at radius 1 is 1.25 bits per heavy atom. The van der Waals surface area contributed by atoms with Crippen molar-refractivity contribution in [3.63, 3.8) is 0 Å². The number of aliphatic carboxylic acids is 1. The molecule has 0 rings (SSSR count). The van der Waals surface area contributed by atoms with Gasteiger partial charge in [-0.2, -0.15) is 0 Å². The van der Waals surface area contributed by atoms with Crippen LogP contribution in [0.5, 0.6) is 0 Å². The third-order valence-electron chi connectivity index (χ3n) is 2.50. The molecule has 2 N–H and O–H groups in total. The van der Waals surface area contributed by atoms with Gasteiger partial charge in [0.2, 0.25) is 0 Å². The van der Waals surface area contributed by atoms with Crippen LogP contribution >= 0.6 is 0 Å². The Hall–Kier alpha value is -1.26. The SMILES string of the molecule is CC(C)CC(C)N(C)C(=O)N[C@H](C)C(=O)O. The number of hydrogen-bond donors (Lipinski definition) is 2. The number of carbonyl (C=O) groups excluding carboxylic acids is 1. The molecule has 0 aromatic heterocycles. The van der Waals surface area contributed by atoms with E-state index in [0.717, 1.165) is 6.42 Å². The van der Waals surface area contributed by atoms with Crippen LogP contribution in [0.4, 0.5) is 4.79 Å². The van der Waals surface area contributed by atoms with Crippen LogP contribution in [-0.4, -0.2) is 41.1 Å². The van der Waals surface area contributed by atoms with Gasteiger partial charge < -0.3 is 15.3 Å². The topological polar surface area (TPSA) is 69.6 Å². The van der Waals surface area contributed by atoms with Gasteiger partial charge in [0, 0.05) is 13.1 Å². The van der Waals surface area contributed by atoms with Crippen molar-refractivity contribution in [2.24, 2.45) is 5.92 Å². The van der Waals surface area contributed by atoms with Gasteiger partial charge in [0.25, 0.3) is 0 Å². The molecule has 0 aromatic carbocycles. The van der Waals surface area contributed by atoms with Crippen LogP contribution < -0.4 is 5.32 Å². The van der Waals surface area contributed by atoms with E-state index in [9.17, 15) is 9.59 Å². The van der Waals surface area contributed by atoms with Crippen molar-refractivity contribution >= 4 is 12.0 Å². The molecule has 0 saturated carbocycles. The highest BCUT2D eigenvalue weighted by atomic mass is 16.4. The molecule has 0 aliphatic rings. The number of amides is 2. The normalized spacial score (nSPS) is 14.4. The summed E-state index contributed by atoms with van der Waals surface area (Å²) in [6, 6.07) is -1.11. The van der Waals surface area contributed by atoms with E-state index in [0.29, 0.717) is 5.92 Å². The Bertz CT molecular complexity index is 254. The van der Waals surface area contributed by atoms with Crippen molar-refractivity contribution in [1.82, 2.24) is 10.2 Å². The van der Waals surface area contributed by atoms with Crippen molar-refractivity contribution in [3.8, 4) is 0 Å². The summed E-state index contributed by atoms with van der Waals surface area (Å²) >= 11 is 0. The van der Waals surface area contributed by atoms with Crippen LogP contribution in [0.15, 0.2) is 0 Å². The number of nitrogens with zero attached hydrogens (tertiary/aromatic N) is 1. The molecule has 0 radical (unpaired) electrons. The van der Waals surface area contributed by atoms with Crippen molar-refractivity contribution < 1.29 is 14.7 Å². The highest BCUT2D eigenvalue weighted by Gasteiger charge is 2.20. The van der Waals surface area contributed by atoms with Gasteiger partial charge in [0.15, 0.2) is 0 Å². The fourth-order valence-electron chi connectivity index (χ4n) is 1.39. The molecule has 2 atom stereocenters. The minimum Gasteiger partial charge on any atom is -0.480 e. The zero-order chi connectivity index (χ0) is 12.9. The lowest BCUT2D eigenvalue weighted by Crippen LogP contribution is -2.48. The Morgan fingerprint density at radius 3 is 2.12 bits per heavy atom. The molecule has 16 heavy (non-hydrogen) atoms. The van der Waals surface area contributed by atoms with Crippen LogP contribution in [0.25, 0.3) is 0 Å². The first kappa shape index (κ1) is 14.7. The summed E-state index contributed by atoms with van der Waals surface area (Å²) in [7, 11) is 1.68. The second kappa shape index (κ2) is 6.35. The van der Waals surface area contributed by atoms with E-state index in [4.69, 9.17) is 5.11 Å². The van der Waals surface area contributed by atoms with E-state index in [1.807, 2.05) is 6.92 Å². The lowest BCUT2D eigenvalue weighted by molar-refractivity contribution is -0.138. The molecular formula is C11H22N2O3. The van der Waals surface area contributed by atoms with Gasteiger partial charge in [-0.1, -0.05) is 13.8 Å². The van der Waals surface area contributed by atoms with Crippen LogP contribution in [0, 0.1) is 5.92 Å². The quantitative estimate of drug-likeness (QED) is 0.752. The van der Waals surface area contributed by atoms with Gasteiger partial charge >= 0.3 is 12.0 Å². The monoisotopic (exact) mass is 230 g/mol. The first-order chi connectivity index (χ1) is 7.25. The predicted molar refractivity (Wildman–Crippen MR) is 62.3 cm³/mol. The van der Waals surface area contributed by atoms with E-state index < -0.39 is 12.0 Å². The average molecular weight is 230 g/mol. The van der Waals surface area contributed by atoms with Crippen LogP contribution in [0.3, 0.4) is 0 Å². The molecule has 0 aliphatic carbocycles. The van der Waals surface area contributed by atoms with Crippen LogP contribution in [-0.2, 0) is 4.79 Å². The Labute approximate surface area is 96.8 Å². The zero-order valence-electron chi connectivity index (χ0n) is 10.7. The molecular weight excluding hydrogens is 208 g/mol. The molecule has 0 heterocycles. The van der Waals surface area contributed by atoms with Crippen molar-refractivity contribution in [3.05, 3.63) is 0 Å². The molecule has 94 valence electrons. The smallest absolute Gasteiger partial charge is 0.325 e. The Morgan fingerprint density at radius 2 is 1.75 bits per heavy atom. The molecule has 0 aliphatic heterocycles. The van der Waals surface area contributed by atoms with Crippen molar-refractivity contribution in [2.45, 2.75) is 46.2 Å².